The molecule has 8 heteroatoms. The second kappa shape index (κ2) is 6.75. The summed E-state index contributed by atoms with van der Waals surface area (Å²) in [5.41, 5.74) is 1.45. The van der Waals surface area contributed by atoms with Crippen molar-refractivity contribution in [3.05, 3.63) is 65.2 Å². The SMILES string of the molecule is N#Cc1ccccc1COC(=O)CN=C1NS(=O)(=O)c2ccccc21. The second-order valence-corrected chi connectivity index (χ2v) is 6.85. The molecule has 1 N–H and O–H groups in total. The predicted octanol–water partition coefficient (Wildman–Crippen LogP) is 1.34. The molecule has 0 amide bonds. The molecule has 0 aromatic heterocycles. The van der Waals surface area contributed by atoms with Crippen molar-refractivity contribution >= 4 is 21.8 Å². The van der Waals surface area contributed by atoms with Crippen LogP contribution in [0.4, 0.5) is 0 Å². The Labute approximate surface area is 144 Å². The summed E-state index contributed by atoms with van der Waals surface area (Å²) < 4.78 is 31.3. The van der Waals surface area contributed by atoms with Crippen LogP contribution in [0, 0.1) is 11.3 Å². The Balaban J connectivity index is 1.67. The van der Waals surface area contributed by atoms with Crippen LogP contribution in [0.25, 0.3) is 0 Å². The van der Waals surface area contributed by atoms with Gasteiger partial charge in [-0.05, 0) is 18.2 Å². The number of carbonyl (C=O) groups is 1. The van der Waals surface area contributed by atoms with E-state index in [1.807, 2.05) is 6.07 Å². The lowest BCUT2D eigenvalue weighted by molar-refractivity contribution is -0.143. The molecule has 0 radical (unpaired) electrons. The van der Waals surface area contributed by atoms with Crippen LogP contribution in [-0.2, 0) is 26.2 Å². The Morgan fingerprint density at radius 3 is 2.68 bits per heavy atom. The molecule has 0 spiro atoms. The average molecular weight is 355 g/mol. The number of hydrogen-bond donors (Lipinski definition) is 1. The first kappa shape index (κ1) is 16.7. The largest absolute Gasteiger partial charge is 0.459 e. The van der Waals surface area contributed by atoms with Gasteiger partial charge in [-0.25, -0.2) is 8.42 Å². The van der Waals surface area contributed by atoms with Gasteiger partial charge in [0.05, 0.1) is 16.5 Å². The van der Waals surface area contributed by atoms with Crippen molar-refractivity contribution in [2.24, 2.45) is 4.99 Å². The molecule has 1 aliphatic heterocycles. The first-order chi connectivity index (χ1) is 12.0. The Bertz CT molecular complexity index is 1010. The van der Waals surface area contributed by atoms with Gasteiger partial charge in [-0.1, -0.05) is 30.3 Å². The second-order valence-electron chi connectivity index (χ2n) is 5.20. The number of fused-ring (bicyclic) bond motifs is 1. The minimum atomic E-state index is -3.64. The van der Waals surface area contributed by atoms with Gasteiger partial charge in [0, 0.05) is 11.1 Å². The molecule has 126 valence electrons. The number of ether oxygens (including phenoxy) is 1. The fourth-order valence-corrected chi connectivity index (χ4v) is 3.60. The van der Waals surface area contributed by atoms with Crippen LogP contribution in [-0.4, -0.2) is 26.8 Å². The first-order valence-electron chi connectivity index (χ1n) is 7.31. The number of rotatable bonds is 4. The van der Waals surface area contributed by atoms with Gasteiger partial charge in [-0.3, -0.25) is 14.5 Å². The fraction of sp³-hybridized carbons (Fsp3) is 0.118. The third-order valence-corrected chi connectivity index (χ3v) is 4.95. The van der Waals surface area contributed by atoms with Crippen LogP contribution in [0.5, 0.6) is 0 Å². The number of sulfonamides is 1. The van der Waals surface area contributed by atoms with Gasteiger partial charge in [-0.15, -0.1) is 0 Å². The zero-order chi connectivity index (χ0) is 17.9. The van der Waals surface area contributed by atoms with Crippen molar-refractivity contribution in [3.8, 4) is 6.07 Å². The van der Waals surface area contributed by atoms with Gasteiger partial charge in [0.15, 0.2) is 0 Å². The number of hydrogen-bond acceptors (Lipinski definition) is 6. The molecule has 0 saturated heterocycles. The predicted molar refractivity (Wildman–Crippen MR) is 89.1 cm³/mol. The number of amidine groups is 1. The number of nitrogens with zero attached hydrogens (tertiary/aromatic N) is 2. The minimum Gasteiger partial charge on any atom is -0.459 e. The molecule has 1 aliphatic rings. The molecule has 2 aromatic rings. The monoisotopic (exact) mass is 355 g/mol. The third-order valence-electron chi connectivity index (χ3n) is 3.56. The lowest BCUT2D eigenvalue weighted by Crippen LogP contribution is -2.23. The van der Waals surface area contributed by atoms with Crippen molar-refractivity contribution < 1.29 is 17.9 Å². The quantitative estimate of drug-likeness (QED) is 0.833. The van der Waals surface area contributed by atoms with Crippen molar-refractivity contribution in [1.82, 2.24) is 4.72 Å². The van der Waals surface area contributed by atoms with E-state index in [1.165, 1.54) is 6.07 Å². The Hall–Kier alpha value is -3.18. The number of esters is 1. The smallest absolute Gasteiger partial charge is 0.328 e. The van der Waals surface area contributed by atoms with Crippen LogP contribution in [0.3, 0.4) is 0 Å². The molecule has 1 heterocycles. The molecule has 2 aromatic carbocycles. The zero-order valence-electron chi connectivity index (χ0n) is 13.0. The van der Waals surface area contributed by atoms with Gasteiger partial charge in [0.25, 0.3) is 10.0 Å². The van der Waals surface area contributed by atoms with E-state index < -0.39 is 16.0 Å². The van der Waals surface area contributed by atoms with Crippen LogP contribution >= 0.6 is 0 Å². The normalized spacial score (nSPS) is 15.9. The molecule has 0 saturated carbocycles. The lowest BCUT2D eigenvalue weighted by Gasteiger charge is -2.05. The number of nitrogens with one attached hydrogen (secondary N) is 1. The average Bonchev–Trinajstić information content (AvgIpc) is 2.89. The Morgan fingerprint density at radius 1 is 1.16 bits per heavy atom. The van der Waals surface area contributed by atoms with Gasteiger partial charge >= 0.3 is 5.97 Å². The molecular weight excluding hydrogens is 342 g/mol. The molecule has 0 fully saturated rings. The van der Waals surface area contributed by atoms with Crippen molar-refractivity contribution in [2.45, 2.75) is 11.5 Å². The third kappa shape index (κ3) is 3.51. The van der Waals surface area contributed by atoms with Crippen LogP contribution in [0.2, 0.25) is 0 Å². The van der Waals surface area contributed by atoms with E-state index in [2.05, 4.69) is 9.71 Å². The highest BCUT2D eigenvalue weighted by Crippen LogP contribution is 2.22. The summed E-state index contributed by atoms with van der Waals surface area (Å²) in [4.78, 5) is 16.0. The summed E-state index contributed by atoms with van der Waals surface area (Å²) >= 11 is 0. The standard InChI is InChI=1S/C17H13N3O4S/c18-9-12-5-1-2-6-13(12)11-24-16(21)10-19-17-14-7-3-4-8-15(14)25(22,23)20-17/h1-8H,10-11H2,(H,19,20). The number of nitriles is 1. The minimum absolute atomic E-state index is 0.0459. The van der Waals surface area contributed by atoms with Crippen molar-refractivity contribution in [3.63, 3.8) is 0 Å². The fourth-order valence-electron chi connectivity index (χ4n) is 2.35. The summed E-state index contributed by atoms with van der Waals surface area (Å²) in [5.74, 6) is -0.506. The van der Waals surface area contributed by atoms with Crippen molar-refractivity contribution in [2.75, 3.05) is 6.54 Å². The summed E-state index contributed by atoms with van der Waals surface area (Å²) in [6.07, 6.45) is 0. The van der Waals surface area contributed by atoms with E-state index in [-0.39, 0.29) is 23.9 Å². The summed E-state index contributed by atoms with van der Waals surface area (Å²) in [7, 11) is -3.64. The first-order valence-corrected chi connectivity index (χ1v) is 8.80. The molecule has 0 atom stereocenters. The molecule has 0 aliphatic carbocycles. The Kier molecular flexibility index (Phi) is 4.50. The Morgan fingerprint density at radius 2 is 1.88 bits per heavy atom. The maximum absolute atomic E-state index is 12.0. The maximum Gasteiger partial charge on any atom is 0.328 e. The molecule has 3 rings (SSSR count). The summed E-state index contributed by atoms with van der Waals surface area (Å²) in [6, 6.07) is 15.2. The highest BCUT2D eigenvalue weighted by molar-refractivity contribution is 7.90. The van der Waals surface area contributed by atoms with E-state index in [0.29, 0.717) is 16.7 Å². The van der Waals surface area contributed by atoms with E-state index in [9.17, 15) is 13.2 Å². The van der Waals surface area contributed by atoms with Gasteiger partial charge < -0.3 is 4.74 Å². The van der Waals surface area contributed by atoms with E-state index >= 15 is 0 Å². The maximum atomic E-state index is 12.0. The number of aliphatic imine (C=N–C) groups is 1. The van der Waals surface area contributed by atoms with Gasteiger partial charge in [-0.2, -0.15) is 5.26 Å². The topological polar surface area (TPSA) is 109 Å². The molecular formula is C17H13N3O4S. The van der Waals surface area contributed by atoms with Gasteiger partial charge in [0.2, 0.25) is 0 Å². The lowest BCUT2D eigenvalue weighted by atomic mass is 10.1. The highest BCUT2D eigenvalue weighted by Gasteiger charge is 2.30. The van der Waals surface area contributed by atoms with E-state index in [4.69, 9.17) is 10.00 Å². The van der Waals surface area contributed by atoms with Crippen molar-refractivity contribution in [1.29, 1.82) is 5.26 Å². The zero-order valence-corrected chi connectivity index (χ0v) is 13.8. The van der Waals surface area contributed by atoms with Crippen LogP contribution < -0.4 is 4.72 Å². The molecule has 25 heavy (non-hydrogen) atoms. The van der Waals surface area contributed by atoms with Crippen LogP contribution in [0.15, 0.2) is 58.4 Å². The number of carbonyl (C=O) groups excluding carboxylic acids is 1. The molecule has 0 bridgehead atoms. The number of benzene rings is 2. The van der Waals surface area contributed by atoms with E-state index in [1.54, 1.807) is 42.5 Å². The summed E-state index contributed by atoms with van der Waals surface area (Å²) in [6.45, 7) is -0.378. The molecule has 0 unspecified atom stereocenters. The van der Waals surface area contributed by atoms with Crippen LogP contribution in [0.1, 0.15) is 16.7 Å². The summed E-state index contributed by atoms with van der Waals surface area (Å²) in [5, 5.41) is 9.00. The van der Waals surface area contributed by atoms with Gasteiger partial charge in [0.1, 0.15) is 19.0 Å². The molecule has 7 nitrogen and oxygen atoms in total. The highest BCUT2D eigenvalue weighted by atomic mass is 32.2. The van der Waals surface area contributed by atoms with E-state index in [0.717, 1.165) is 0 Å².